The third-order valence-electron chi connectivity index (χ3n) is 5.36. The fourth-order valence-corrected chi connectivity index (χ4v) is 4.68. The van der Waals surface area contributed by atoms with E-state index in [0.717, 1.165) is 32.7 Å². The number of aliphatic imine (C=N–C) groups is 1. The highest BCUT2D eigenvalue weighted by Crippen LogP contribution is 2.42. The summed E-state index contributed by atoms with van der Waals surface area (Å²) in [6.07, 6.45) is 3.27. The minimum absolute atomic E-state index is 0.0871. The summed E-state index contributed by atoms with van der Waals surface area (Å²) in [5.74, 6) is -0.352. The Bertz CT molecular complexity index is 1270. The van der Waals surface area contributed by atoms with Gasteiger partial charge in [0.25, 0.3) is 0 Å². The molecule has 0 spiro atoms. The Morgan fingerprint density at radius 2 is 2.00 bits per heavy atom. The van der Waals surface area contributed by atoms with Crippen LogP contribution in [-0.2, 0) is 4.79 Å². The van der Waals surface area contributed by atoms with Gasteiger partial charge < -0.3 is 15.9 Å². The van der Waals surface area contributed by atoms with Crippen LogP contribution in [0.1, 0.15) is 22.4 Å². The van der Waals surface area contributed by atoms with Crippen LogP contribution in [0.15, 0.2) is 69.7 Å². The Labute approximate surface area is 176 Å². The molecular weight excluding hydrogens is 398 g/mol. The first-order valence-electron chi connectivity index (χ1n) is 9.39. The van der Waals surface area contributed by atoms with E-state index in [1.165, 1.54) is 4.90 Å². The van der Waals surface area contributed by atoms with Crippen LogP contribution >= 0.6 is 11.3 Å². The quantitative estimate of drug-likeness (QED) is 0.527. The topological polar surface area (TPSA) is 111 Å². The third kappa shape index (κ3) is 3.02. The molecule has 1 aliphatic heterocycles. The lowest BCUT2D eigenvalue weighted by molar-refractivity contribution is -0.129. The van der Waals surface area contributed by atoms with Gasteiger partial charge in [0.1, 0.15) is 11.6 Å². The van der Waals surface area contributed by atoms with Crippen molar-refractivity contribution in [3.63, 3.8) is 0 Å². The normalized spacial score (nSPS) is 19.3. The molecule has 7 nitrogen and oxygen atoms in total. The molecule has 0 saturated heterocycles. The number of aromatic nitrogens is 1. The van der Waals surface area contributed by atoms with Crippen LogP contribution in [-0.4, -0.2) is 28.8 Å². The number of nitrogen functional groups attached to an aromatic ring is 1. The smallest absolute Gasteiger partial charge is 0.239 e. The summed E-state index contributed by atoms with van der Waals surface area (Å²) in [7, 11) is 1.65. The highest BCUT2D eigenvalue weighted by atomic mass is 32.1. The lowest BCUT2D eigenvalue weighted by Gasteiger charge is -2.32. The molecule has 0 radical (unpaired) electrons. The summed E-state index contributed by atoms with van der Waals surface area (Å²) in [6, 6.07) is 13.0. The van der Waals surface area contributed by atoms with Crippen LogP contribution < -0.4 is 11.5 Å². The van der Waals surface area contributed by atoms with Gasteiger partial charge in [-0.2, -0.15) is 0 Å². The average molecular weight is 417 g/mol. The lowest BCUT2D eigenvalue weighted by atomic mass is 9.87. The number of amides is 1. The van der Waals surface area contributed by atoms with Crippen LogP contribution in [0.4, 0.5) is 5.69 Å². The van der Waals surface area contributed by atoms with Crippen molar-refractivity contribution in [3.8, 4) is 11.3 Å². The molecule has 4 aromatic rings. The summed E-state index contributed by atoms with van der Waals surface area (Å²) in [5, 5.41) is 2.96. The number of hydrogen-bond acceptors (Lipinski definition) is 7. The van der Waals surface area contributed by atoms with Crippen molar-refractivity contribution < 1.29 is 9.21 Å². The Morgan fingerprint density at radius 3 is 2.80 bits per heavy atom. The zero-order chi connectivity index (χ0) is 20.8. The Balaban J connectivity index is 1.58. The second-order valence-electron chi connectivity index (χ2n) is 7.24. The van der Waals surface area contributed by atoms with Crippen molar-refractivity contribution >= 4 is 39.9 Å². The maximum Gasteiger partial charge on any atom is 0.239 e. The molecule has 150 valence electrons. The number of carbonyl (C=O) groups excluding carboxylic acids is 1. The summed E-state index contributed by atoms with van der Waals surface area (Å²) < 4.78 is 5.44. The molecular formula is C22H19N5O2S. The number of likely N-dealkylation sites (N-methyl/N-ethyl adjacent to an activating group) is 1. The van der Waals surface area contributed by atoms with Gasteiger partial charge >= 0.3 is 0 Å². The Kier molecular flexibility index (Phi) is 4.29. The molecule has 1 amide bonds. The standard InChI is InChI=1S/C22H19N5O2S/c1-27-21(28)19(13-2-5-17-12(8-13)6-7-29-17)20(26-22(27)24)18-9-14(11-30-18)16-4-3-15(23)10-25-16/h2-11,19-20H,23H2,1H3,(H2,24,26)/t19?,20-/m1/s1. The molecule has 0 fully saturated rings. The second kappa shape index (κ2) is 7.00. The van der Waals surface area contributed by atoms with Crippen LogP contribution in [0.3, 0.4) is 0 Å². The highest BCUT2D eigenvalue weighted by molar-refractivity contribution is 7.10. The number of fused-ring (bicyclic) bond motifs is 1. The number of guanidine groups is 1. The molecule has 2 atom stereocenters. The van der Waals surface area contributed by atoms with Gasteiger partial charge in [-0.25, -0.2) is 4.99 Å². The second-order valence-corrected chi connectivity index (χ2v) is 8.18. The number of furan rings is 1. The zero-order valence-electron chi connectivity index (χ0n) is 16.1. The molecule has 1 aliphatic rings. The number of pyridine rings is 1. The van der Waals surface area contributed by atoms with E-state index in [0.29, 0.717) is 5.69 Å². The van der Waals surface area contributed by atoms with Crippen molar-refractivity contribution in [1.29, 1.82) is 0 Å². The van der Waals surface area contributed by atoms with E-state index in [-0.39, 0.29) is 11.9 Å². The minimum atomic E-state index is -0.479. The van der Waals surface area contributed by atoms with Gasteiger partial charge in [0.2, 0.25) is 5.91 Å². The highest BCUT2D eigenvalue weighted by Gasteiger charge is 2.39. The Hall–Kier alpha value is -3.65. The van der Waals surface area contributed by atoms with E-state index >= 15 is 0 Å². The van der Waals surface area contributed by atoms with Gasteiger partial charge in [-0.15, -0.1) is 11.3 Å². The van der Waals surface area contributed by atoms with Gasteiger partial charge in [-0.05, 0) is 42.0 Å². The summed E-state index contributed by atoms with van der Waals surface area (Å²) in [4.78, 5) is 24.7. The lowest BCUT2D eigenvalue weighted by Crippen LogP contribution is -2.46. The number of rotatable bonds is 3. The molecule has 0 aliphatic carbocycles. The summed E-state index contributed by atoms with van der Waals surface area (Å²) in [5.41, 5.74) is 15.9. The maximum absolute atomic E-state index is 13.2. The van der Waals surface area contributed by atoms with Crippen molar-refractivity contribution in [3.05, 3.63) is 70.7 Å². The van der Waals surface area contributed by atoms with Crippen LogP contribution in [0.25, 0.3) is 22.2 Å². The fourth-order valence-electron chi connectivity index (χ4n) is 3.71. The van der Waals surface area contributed by atoms with E-state index in [9.17, 15) is 4.79 Å². The van der Waals surface area contributed by atoms with Gasteiger partial charge in [-0.3, -0.25) is 14.7 Å². The van der Waals surface area contributed by atoms with Crippen molar-refractivity contribution in [2.75, 3.05) is 12.8 Å². The number of carbonyl (C=O) groups is 1. The van der Waals surface area contributed by atoms with Crippen molar-refractivity contribution in [2.45, 2.75) is 12.0 Å². The van der Waals surface area contributed by atoms with E-state index in [4.69, 9.17) is 15.9 Å². The summed E-state index contributed by atoms with van der Waals surface area (Å²) in [6.45, 7) is 0. The van der Waals surface area contributed by atoms with Crippen LogP contribution in [0, 0.1) is 0 Å². The summed E-state index contributed by atoms with van der Waals surface area (Å²) >= 11 is 1.54. The van der Waals surface area contributed by atoms with Crippen molar-refractivity contribution in [1.82, 2.24) is 9.88 Å². The molecule has 0 bridgehead atoms. The SMILES string of the molecule is CN1C(=O)C(c2ccc3occc3c2)[C@@H](c2cc(-c3ccc(N)cn3)cs2)N=C1N. The number of hydrogen-bond donors (Lipinski definition) is 2. The van der Waals surface area contributed by atoms with Crippen LogP contribution in [0.5, 0.6) is 0 Å². The first-order chi connectivity index (χ1) is 14.5. The molecule has 4 N–H and O–H groups in total. The average Bonchev–Trinajstić information content (AvgIpc) is 3.41. The molecule has 1 unspecified atom stereocenters. The largest absolute Gasteiger partial charge is 0.464 e. The maximum atomic E-state index is 13.2. The van der Waals surface area contributed by atoms with Gasteiger partial charge in [0.05, 0.1) is 29.8 Å². The Morgan fingerprint density at radius 1 is 1.13 bits per heavy atom. The minimum Gasteiger partial charge on any atom is -0.464 e. The first kappa shape index (κ1) is 18.4. The molecule has 1 aromatic carbocycles. The van der Waals surface area contributed by atoms with Crippen LogP contribution in [0.2, 0.25) is 0 Å². The van der Waals surface area contributed by atoms with Gasteiger partial charge in [-0.1, -0.05) is 6.07 Å². The monoisotopic (exact) mass is 417 g/mol. The van der Waals surface area contributed by atoms with E-state index in [2.05, 4.69) is 9.98 Å². The van der Waals surface area contributed by atoms with Gasteiger partial charge in [0, 0.05) is 28.3 Å². The molecule has 30 heavy (non-hydrogen) atoms. The third-order valence-corrected chi connectivity index (χ3v) is 6.36. The number of benzene rings is 1. The van der Waals surface area contributed by atoms with Gasteiger partial charge in [0.15, 0.2) is 5.96 Å². The fraction of sp³-hybridized carbons (Fsp3) is 0.136. The molecule has 5 rings (SSSR count). The number of nitrogens with zero attached hydrogens (tertiary/aromatic N) is 3. The predicted octanol–water partition coefficient (Wildman–Crippen LogP) is 3.75. The predicted molar refractivity (Wildman–Crippen MR) is 118 cm³/mol. The molecule has 0 saturated carbocycles. The van der Waals surface area contributed by atoms with E-state index in [1.807, 2.05) is 47.8 Å². The molecule has 4 heterocycles. The van der Waals surface area contributed by atoms with E-state index < -0.39 is 12.0 Å². The first-order valence-corrected chi connectivity index (χ1v) is 10.3. The number of nitrogens with two attached hydrogens (primary N) is 2. The number of anilines is 1. The zero-order valence-corrected chi connectivity index (χ0v) is 17.0. The van der Waals surface area contributed by atoms with E-state index in [1.54, 1.807) is 30.8 Å². The van der Waals surface area contributed by atoms with Crippen molar-refractivity contribution in [2.24, 2.45) is 10.7 Å². The number of thiophene rings is 1. The molecule has 8 heteroatoms. The molecule has 3 aromatic heterocycles.